The number of aromatic nitrogens is 1. The first-order chi connectivity index (χ1) is 14.0. The highest BCUT2D eigenvalue weighted by Crippen LogP contribution is 2.35. The van der Waals surface area contributed by atoms with Crippen LogP contribution in [0.2, 0.25) is 0 Å². The lowest BCUT2D eigenvalue weighted by atomic mass is 9.95. The minimum Gasteiger partial charge on any atom is -0.311 e. The average Bonchev–Trinajstić information content (AvgIpc) is 2.75. The van der Waals surface area contributed by atoms with Crippen LogP contribution in [0.25, 0.3) is 0 Å². The molecule has 2 fully saturated rings. The lowest BCUT2D eigenvalue weighted by Gasteiger charge is -2.50. The van der Waals surface area contributed by atoms with Crippen molar-refractivity contribution in [3.63, 3.8) is 0 Å². The highest BCUT2D eigenvalue weighted by molar-refractivity contribution is 7.99. The highest BCUT2D eigenvalue weighted by Gasteiger charge is 2.51. The van der Waals surface area contributed by atoms with Gasteiger partial charge >= 0.3 is 6.03 Å². The van der Waals surface area contributed by atoms with E-state index in [0.29, 0.717) is 5.75 Å². The van der Waals surface area contributed by atoms with Gasteiger partial charge in [0, 0.05) is 26.0 Å². The molecule has 2 aromatic rings. The molecule has 3 amide bonds. The van der Waals surface area contributed by atoms with Crippen molar-refractivity contribution in [1.29, 1.82) is 0 Å². The molecule has 0 spiro atoms. The van der Waals surface area contributed by atoms with Crippen molar-refractivity contribution in [3.8, 4) is 0 Å². The van der Waals surface area contributed by atoms with Gasteiger partial charge in [0.2, 0.25) is 5.91 Å². The number of aryl methyl sites for hydroxylation is 1. The van der Waals surface area contributed by atoms with Crippen molar-refractivity contribution >= 4 is 23.7 Å². The Morgan fingerprint density at radius 2 is 1.83 bits per heavy atom. The van der Waals surface area contributed by atoms with Crippen molar-refractivity contribution < 1.29 is 9.59 Å². The Bertz CT molecular complexity index is 909. The summed E-state index contributed by atoms with van der Waals surface area (Å²) in [6.45, 7) is 2.06. The van der Waals surface area contributed by atoms with E-state index >= 15 is 0 Å². The van der Waals surface area contributed by atoms with E-state index < -0.39 is 5.92 Å². The third-order valence-electron chi connectivity index (χ3n) is 5.59. The standard InChI is InChI=1S/C21H25N5O2S/c1-13-8-4-5-10-15(13)17-23-18-16(20(27)26(3)21(28)25(18)2)19(24-17)29-12-14-9-6-7-11-22-14/h4-11,16-19,23-24H,12H2,1-3H3. The van der Waals surface area contributed by atoms with Crippen LogP contribution in [0.3, 0.4) is 0 Å². The molecule has 0 aliphatic carbocycles. The Labute approximate surface area is 174 Å². The quantitative estimate of drug-likeness (QED) is 0.804. The first kappa shape index (κ1) is 19.9. The number of hydrogen-bond donors (Lipinski definition) is 2. The number of carbonyl (C=O) groups excluding carboxylic acids is 2. The van der Waals surface area contributed by atoms with Crippen LogP contribution < -0.4 is 10.6 Å². The van der Waals surface area contributed by atoms with Crippen LogP contribution in [0.15, 0.2) is 48.7 Å². The number of hydrogen-bond acceptors (Lipinski definition) is 6. The third-order valence-corrected chi connectivity index (χ3v) is 6.84. The summed E-state index contributed by atoms with van der Waals surface area (Å²) in [7, 11) is 3.29. The number of benzene rings is 1. The fourth-order valence-electron chi connectivity index (χ4n) is 3.95. The molecule has 2 saturated heterocycles. The van der Waals surface area contributed by atoms with E-state index in [1.54, 1.807) is 37.0 Å². The van der Waals surface area contributed by atoms with Gasteiger partial charge in [-0.25, -0.2) is 4.79 Å². The van der Waals surface area contributed by atoms with Gasteiger partial charge in [-0.15, -0.1) is 11.8 Å². The third kappa shape index (κ3) is 3.75. The van der Waals surface area contributed by atoms with Gasteiger partial charge in [0.15, 0.2) is 0 Å². The molecule has 7 nitrogen and oxygen atoms in total. The lowest BCUT2D eigenvalue weighted by molar-refractivity contribution is -0.140. The van der Waals surface area contributed by atoms with Crippen molar-refractivity contribution in [2.45, 2.75) is 30.4 Å². The largest absolute Gasteiger partial charge is 0.327 e. The number of pyridine rings is 1. The molecule has 0 saturated carbocycles. The predicted octanol–water partition coefficient (Wildman–Crippen LogP) is 2.31. The normalized spacial score (nSPS) is 27.1. The molecule has 8 heteroatoms. The van der Waals surface area contributed by atoms with Crippen LogP contribution in [0.1, 0.15) is 23.0 Å². The minimum absolute atomic E-state index is 0.162. The summed E-state index contributed by atoms with van der Waals surface area (Å²) in [5.74, 6) is 0.119. The Hall–Kier alpha value is -2.42. The van der Waals surface area contributed by atoms with Gasteiger partial charge < -0.3 is 4.90 Å². The zero-order valence-corrected chi connectivity index (χ0v) is 17.5. The summed E-state index contributed by atoms with van der Waals surface area (Å²) >= 11 is 1.65. The number of nitrogens with one attached hydrogen (secondary N) is 2. The van der Waals surface area contributed by atoms with E-state index in [4.69, 9.17) is 0 Å². The zero-order valence-electron chi connectivity index (χ0n) is 16.7. The molecule has 3 heterocycles. The van der Waals surface area contributed by atoms with Crippen LogP contribution >= 0.6 is 11.8 Å². The molecule has 4 rings (SSSR count). The number of fused-ring (bicyclic) bond motifs is 1. The molecule has 2 aliphatic heterocycles. The second kappa shape index (κ2) is 8.14. The number of amides is 3. The SMILES string of the molecule is Cc1ccccc1C1NC(SCc2ccccn2)C2C(=O)N(C)C(=O)N(C)C2N1. The van der Waals surface area contributed by atoms with E-state index in [0.717, 1.165) is 16.8 Å². The van der Waals surface area contributed by atoms with Gasteiger partial charge in [-0.05, 0) is 30.2 Å². The fraction of sp³-hybridized carbons (Fsp3) is 0.381. The molecule has 1 aromatic heterocycles. The first-order valence-corrected chi connectivity index (χ1v) is 10.7. The van der Waals surface area contributed by atoms with E-state index in [-0.39, 0.29) is 29.6 Å². The summed E-state index contributed by atoms with van der Waals surface area (Å²) in [4.78, 5) is 32.8. The van der Waals surface area contributed by atoms with Crippen molar-refractivity contribution in [1.82, 2.24) is 25.4 Å². The number of carbonyl (C=O) groups is 2. The number of thioether (sulfide) groups is 1. The van der Waals surface area contributed by atoms with E-state index in [1.165, 1.54) is 4.90 Å². The van der Waals surface area contributed by atoms with Gasteiger partial charge in [0.05, 0.1) is 29.3 Å². The Balaban J connectivity index is 1.64. The van der Waals surface area contributed by atoms with Crippen molar-refractivity contribution in [3.05, 3.63) is 65.5 Å². The smallest absolute Gasteiger partial charge is 0.311 e. The molecule has 0 bridgehead atoms. The zero-order chi connectivity index (χ0) is 20.5. The first-order valence-electron chi connectivity index (χ1n) is 9.61. The van der Waals surface area contributed by atoms with Crippen molar-refractivity contribution in [2.75, 3.05) is 14.1 Å². The summed E-state index contributed by atoms with van der Waals surface area (Å²) in [5, 5.41) is 6.93. The Kier molecular flexibility index (Phi) is 5.58. The summed E-state index contributed by atoms with van der Waals surface area (Å²) in [6, 6.07) is 13.7. The predicted molar refractivity (Wildman–Crippen MR) is 113 cm³/mol. The molecule has 2 N–H and O–H groups in total. The van der Waals surface area contributed by atoms with E-state index in [9.17, 15) is 9.59 Å². The summed E-state index contributed by atoms with van der Waals surface area (Å²) in [6.07, 6.45) is 1.24. The van der Waals surface area contributed by atoms with Crippen molar-refractivity contribution in [2.24, 2.45) is 5.92 Å². The van der Waals surface area contributed by atoms with Crippen LogP contribution in [0, 0.1) is 12.8 Å². The van der Waals surface area contributed by atoms with Gasteiger partial charge in [0.25, 0.3) is 0 Å². The maximum absolute atomic E-state index is 13.0. The summed E-state index contributed by atoms with van der Waals surface area (Å²) in [5.41, 5.74) is 3.22. The number of rotatable bonds is 4. The topological polar surface area (TPSA) is 77.6 Å². The molecule has 1 aromatic carbocycles. The molecule has 0 radical (unpaired) electrons. The summed E-state index contributed by atoms with van der Waals surface area (Å²) < 4.78 is 0. The van der Waals surface area contributed by atoms with Gasteiger partial charge in [-0.3, -0.25) is 25.3 Å². The lowest BCUT2D eigenvalue weighted by Crippen LogP contribution is -2.72. The number of imide groups is 1. The second-order valence-corrected chi connectivity index (χ2v) is 8.57. The van der Waals surface area contributed by atoms with Crippen LogP contribution in [0.5, 0.6) is 0 Å². The average molecular weight is 412 g/mol. The number of nitrogens with zero attached hydrogens (tertiary/aromatic N) is 3. The molecular formula is C21H25N5O2S. The Morgan fingerprint density at radius 1 is 1.07 bits per heavy atom. The van der Waals surface area contributed by atoms with Gasteiger partial charge in [0.1, 0.15) is 0 Å². The van der Waals surface area contributed by atoms with Gasteiger partial charge in [-0.2, -0.15) is 0 Å². The monoisotopic (exact) mass is 411 g/mol. The van der Waals surface area contributed by atoms with Crippen LogP contribution in [-0.2, 0) is 10.5 Å². The Morgan fingerprint density at radius 3 is 2.55 bits per heavy atom. The van der Waals surface area contributed by atoms with Crippen LogP contribution in [-0.4, -0.2) is 52.4 Å². The molecule has 152 valence electrons. The molecule has 4 atom stereocenters. The van der Waals surface area contributed by atoms with E-state index in [1.807, 2.05) is 30.3 Å². The maximum atomic E-state index is 13.0. The highest BCUT2D eigenvalue weighted by atomic mass is 32.2. The molecule has 29 heavy (non-hydrogen) atoms. The molecule has 2 aliphatic rings. The minimum atomic E-state index is -0.392. The van der Waals surface area contributed by atoms with Gasteiger partial charge in [-0.1, -0.05) is 30.3 Å². The number of urea groups is 1. The van der Waals surface area contributed by atoms with Crippen LogP contribution in [0.4, 0.5) is 4.79 Å². The molecular weight excluding hydrogens is 386 g/mol. The molecule has 4 unspecified atom stereocenters. The fourth-order valence-corrected chi connectivity index (χ4v) is 5.17. The maximum Gasteiger partial charge on any atom is 0.327 e. The second-order valence-electron chi connectivity index (χ2n) is 7.44. The van der Waals surface area contributed by atoms with E-state index in [2.05, 4.69) is 34.7 Å².